The molecule has 1 aromatic heterocycles. The number of H-pyrrole nitrogens is 1. The van der Waals surface area contributed by atoms with Gasteiger partial charge in [0.1, 0.15) is 0 Å². The van der Waals surface area contributed by atoms with Gasteiger partial charge in [-0.05, 0) is 25.1 Å². The Morgan fingerprint density at radius 2 is 2.00 bits per heavy atom. The molecule has 1 heterocycles. The van der Waals surface area contributed by atoms with E-state index in [0.29, 0.717) is 0 Å². The Balaban J connectivity index is 2.45. The minimum Gasteiger partial charge on any atom is -0.416 e. The lowest BCUT2D eigenvalue weighted by atomic mass is 10.2. The van der Waals surface area contributed by atoms with E-state index in [2.05, 4.69) is 50.8 Å². The van der Waals surface area contributed by atoms with Crippen molar-refractivity contribution < 1.29 is 4.43 Å². The van der Waals surface area contributed by atoms with E-state index in [1.165, 1.54) is 0 Å². The highest BCUT2D eigenvalue weighted by molar-refractivity contribution is 6.74. The molecule has 1 aromatic rings. The predicted molar refractivity (Wildman–Crippen MR) is 70.2 cm³/mol. The Morgan fingerprint density at radius 3 is 2.44 bits per heavy atom. The van der Waals surface area contributed by atoms with Gasteiger partial charge in [-0.1, -0.05) is 20.8 Å². The highest BCUT2D eigenvalue weighted by Crippen LogP contribution is 2.36. The molecule has 0 aliphatic carbocycles. The molecule has 3 nitrogen and oxygen atoms in total. The minimum atomic E-state index is -1.59. The van der Waals surface area contributed by atoms with Gasteiger partial charge < -0.3 is 9.41 Å². The minimum absolute atomic E-state index is 0.285. The fraction of sp³-hybridized carbons (Fsp3) is 0.750. The van der Waals surface area contributed by atoms with Gasteiger partial charge in [-0.15, -0.1) is 0 Å². The third-order valence-corrected chi connectivity index (χ3v) is 8.08. The van der Waals surface area contributed by atoms with Crippen molar-refractivity contribution >= 4 is 8.32 Å². The molecule has 0 unspecified atom stereocenters. The quantitative estimate of drug-likeness (QED) is 0.820. The van der Waals surface area contributed by atoms with Crippen LogP contribution in [0.1, 0.15) is 32.2 Å². The van der Waals surface area contributed by atoms with Crippen molar-refractivity contribution in [2.24, 2.45) is 0 Å². The van der Waals surface area contributed by atoms with Gasteiger partial charge in [0, 0.05) is 18.7 Å². The molecule has 0 saturated carbocycles. The van der Waals surface area contributed by atoms with E-state index >= 15 is 0 Å². The number of nitrogens with one attached hydrogen (secondary N) is 1. The van der Waals surface area contributed by atoms with Crippen molar-refractivity contribution in [3.05, 3.63) is 17.7 Å². The molecular formula is C12H24N2OSi. The summed E-state index contributed by atoms with van der Waals surface area (Å²) in [6.07, 6.45) is 2.65. The van der Waals surface area contributed by atoms with Crippen molar-refractivity contribution in [1.29, 1.82) is 0 Å². The molecule has 0 aliphatic rings. The van der Waals surface area contributed by atoms with Crippen molar-refractivity contribution in [2.75, 3.05) is 6.61 Å². The fourth-order valence-corrected chi connectivity index (χ4v) is 2.30. The lowest BCUT2D eigenvalue weighted by molar-refractivity contribution is 0.290. The standard InChI is InChI=1S/C12H24N2OSi/c1-10-11(14-9-13-10)7-8-15-16(5,6)12(2,3)4/h9H,7-8H2,1-6H3,(H,13,14). The zero-order valence-electron chi connectivity index (χ0n) is 11.3. The SMILES string of the molecule is Cc1[nH]cnc1CCO[Si](C)(C)C(C)(C)C. The van der Waals surface area contributed by atoms with Crippen LogP contribution in [0.3, 0.4) is 0 Å². The number of aromatic nitrogens is 2. The summed E-state index contributed by atoms with van der Waals surface area (Å²) in [5.74, 6) is 0. The number of rotatable bonds is 4. The summed E-state index contributed by atoms with van der Waals surface area (Å²) in [4.78, 5) is 7.37. The second-order valence-corrected chi connectivity index (χ2v) is 10.6. The summed E-state index contributed by atoms with van der Waals surface area (Å²) in [6.45, 7) is 14.2. The van der Waals surface area contributed by atoms with Crippen LogP contribution in [0.15, 0.2) is 6.33 Å². The van der Waals surface area contributed by atoms with Crippen LogP contribution in [0.25, 0.3) is 0 Å². The van der Waals surface area contributed by atoms with E-state index in [0.717, 1.165) is 24.4 Å². The average Bonchev–Trinajstić information content (AvgIpc) is 2.49. The number of aromatic amines is 1. The van der Waals surface area contributed by atoms with Gasteiger partial charge >= 0.3 is 0 Å². The van der Waals surface area contributed by atoms with E-state index < -0.39 is 8.32 Å². The summed E-state index contributed by atoms with van der Waals surface area (Å²) in [6, 6.07) is 0. The summed E-state index contributed by atoms with van der Waals surface area (Å²) in [7, 11) is -1.59. The molecule has 0 aliphatic heterocycles. The normalized spacial score (nSPS) is 13.1. The molecule has 0 amide bonds. The lowest BCUT2D eigenvalue weighted by Crippen LogP contribution is -2.41. The number of nitrogens with zero attached hydrogens (tertiary/aromatic N) is 1. The maximum atomic E-state index is 6.11. The van der Waals surface area contributed by atoms with Gasteiger partial charge in [0.15, 0.2) is 8.32 Å². The van der Waals surface area contributed by atoms with Crippen LogP contribution in [-0.2, 0) is 10.8 Å². The molecule has 0 atom stereocenters. The summed E-state index contributed by atoms with van der Waals surface area (Å²) >= 11 is 0. The van der Waals surface area contributed by atoms with E-state index in [1.54, 1.807) is 6.33 Å². The molecule has 1 N–H and O–H groups in total. The zero-order chi connectivity index (χ0) is 12.4. The Kier molecular flexibility index (Phi) is 3.96. The molecule has 0 spiro atoms. The van der Waals surface area contributed by atoms with E-state index in [9.17, 15) is 0 Å². The molecule has 0 radical (unpaired) electrons. The molecule has 0 fully saturated rings. The van der Waals surface area contributed by atoms with Crippen LogP contribution in [0.5, 0.6) is 0 Å². The number of imidazole rings is 1. The number of aryl methyl sites for hydroxylation is 1. The second-order valence-electron chi connectivity index (χ2n) is 5.83. The van der Waals surface area contributed by atoms with Gasteiger partial charge in [-0.25, -0.2) is 4.98 Å². The molecule has 1 rings (SSSR count). The third kappa shape index (κ3) is 3.19. The molecular weight excluding hydrogens is 216 g/mol. The third-order valence-electron chi connectivity index (χ3n) is 3.54. The molecule has 92 valence electrons. The van der Waals surface area contributed by atoms with Crippen LogP contribution in [0, 0.1) is 6.92 Å². The number of hydrogen-bond donors (Lipinski definition) is 1. The smallest absolute Gasteiger partial charge is 0.191 e. The largest absolute Gasteiger partial charge is 0.416 e. The molecule has 16 heavy (non-hydrogen) atoms. The van der Waals surface area contributed by atoms with Gasteiger partial charge in [-0.2, -0.15) is 0 Å². The van der Waals surface area contributed by atoms with Crippen LogP contribution in [0.2, 0.25) is 18.1 Å². The molecule has 0 bridgehead atoms. The lowest BCUT2D eigenvalue weighted by Gasteiger charge is -2.36. The van der Waals surface area contributed by atoms with Gasteiger partial charge in [0.2, 0.25) is 0 Å². The van der Waals surface area contributed by atoms with Crippen LogP contribution < -0.4 is 0 Å². The Hall–Kier alpha value is -0.613. The first-order valence-electron chi connectivity index (χ1n) is 5.87. The molecule has 0 saturated heterocycles. The topological polar surface area (TPSA) is 37.9 Å². The average molecular weight is 240 g/mol. The number of hydrogen-bond acceptors (Lipinski definition) is 2. The monoisotopic (exact) mass is 240 g/mol. The van der Waals surface area contributed by atoms with Crippen molar-refractivity contribution in [1.82, 2.24) is 9.97 Å². The van der Waals surface area contributed by atoms with E-state index in [1.807, 2.05) is 0 Å². The maximum Gasteiger partial charge on any atom is 0.191 e. The first-order chi connectivity index (χ1) is 7.24. The Morgan fingerprint density at radius 1 is 1.38 bits per heavy atom. The molecule has 4 heteroatoms. The van der Waals surface area contributed by atoms with Crippen LogP contribution >= 0.6 is 0 Å². The summed E-state index contributed by atoms with van der Waals surface area (Å²) in [5.41, 5.74) is 2.28. The fourth-order valence-electron chi connectivity index (χ4n) is 1.26. The highest BCUT2D eigenvalue weighted by atomic mass is 28.4. The summed E-state index contributed by atoms with van der Waals surface area (Å²) < 4.78 is 6.11. The van der Waals surface area contributed by atoms with Crippen molar-refractivity contribution in [3.8, 4) is 0 Å². The van der Waals surface area contributed by atoms with Gasteiger partial charge in [0.25, 0.3) is 0 Å². The molecule has 0 aromatic carbocycles. The first-order valence-corrected chi connectivity index (χ1v) is 8.78. The summed E-state index contributed by atoms with van der Waals surface area (Å²) in [5, 5.41) is 0.285. The van der Waals surface area contributed by atoms with Gasteiger partial charge in [0.05, 0.1) is 12.0 Å². The van der Waals surface area contributed by atoms with E-state index in [-0.39, 0.29) is 5.04 Å². The van der Waals surface area contributed by atoms with Crippen LogP contribution in [0.4, 0.5) is 0 Å². The maximum absolute atomic E-state index is 6.11. The Labute approximate surface area is 99.8 Å². The van der Waals surface area contributed by atoms with Crippen molar-refractivity contribution in [3.63, 3.8) is 0 Å². The van der Waals surface area contributed by atoms with Gasteiger partial charge in [-0.3, -0.25) is 0 Å². The highest BCUT2D eigenvalue weighted by Gasteiger charge is 2.36. The Bertz CT molecular complexity index is 339. The van der Waals surface area contributed by atoms with E-state index in [4.69, 9.17) is 4.43 Å². The zero-order valence-corrected chi connectivity index (χ0v) is 12.3. The van der Waals surface area contributed by atoms with Crippen molar-refractivity contribution in [2.45, 2.75) is 52.2 Å². The van der Waals surface area contributed by atoms with Crippen LogP contribution in [-0.4, -0.2) is 24.9 Å². The first kappa shape index (κ1) is 13.5. The predicted octanol–water partition coefficient (Wildman–Crippen LogP) is 3.28. The second kappa shape index (κ2) is 4.71.